The average Bonchev–Trinajstić information content (AvgIpc) is 2.79. The van der Waals surface area contributed by atoms with Crippen LogP contribution in [0.5, 0.6) is 0 Å². The van der Waals surface area contributed by atoms with E-state index in [0.29, 0.717) is 24.4 Å². The van der Waals surface area contributed by atoms with Crippen LogP contribution >= 0.6 is 0 Å². The number of carbonyl (C=O) groups is 2. The molecular weight excluding hydrogens is 416 g/mol. The van der Waals surface area contributed by atoms with Crippen LogP contribution in [0.3, 0.4) is 0 Å². The van der Waals surface area contributed by atoms with Crippen LogP contribution in [0, 0.1) is 12.8 Å². The average molecular weight is 447 g/mol. The topological polar surface area (TPSA) is 92.4 Å². The molecule has 3 N–H and O–H groups in total. The smallest absolute Gasteiger partial charge is 0.411 e. The number of aryl methyl sites for hydroxylation is 1. The Balaban J connectivity index is 1.65. The molecule has 0 aliphatic carbocycles. The fourth-order valence-corrected chi connectivity index (χ4v) is 3.17. The van der Waals surface area contributed by atoms with Crippen molar-refractivity contribution < 1.29 is 14.3 Å². The number of aromatic nitrogens is 1. The van der Waals surface area contributed by atoms with E-state index in [9.17, 15) is 9.59 Å². The second kappa shape index (κ2) is 11.7. The van der Waals surface area contributed by atoms with E-state index in [-0.39, 0.29) is 18.0 Å². The predicted molar refractivity (Wildman–Crippen MR) is 130 cm³/mol. The number of amides is 3. The zero-order chi connectivity index (χ0) is 23.6. The minimum Gasteiger partial charge on any atom is -0.449 e. The molecule has 1 unspecified atom stereocenters. The summed E-state index contributed by atoms with van der Waals surface area (Å²) in [5.41, 5.74) is 4.13. The van der Waals surface area contributed by atoms with Gasteiger partial charge in [0.2, 0.25) is 0 Å². The minimum atomic E-state index is -0.529. The molecule has 1 heterocycles. The summed E-state index contributed by atoms with van der Waals surface area (Å²) < 4.78 is 5.14. The lowest BCUT2D eigenvalue weighted by atomic mass is 10.0. The molecule has 7 heteroatoms. The monoisotopic (exact) mass is 446 g/mol. The zero-order valence-electron chi connectivity index (χ0n) is 19.2. The molecule has 1 aromatic heterocycles. The van der Waals surface area contributed by atoms with E-state index in [1.165, 1.54) is 5.56 Å². The van der Waals surface area contributed by atoms with E-state index in [1.807, 2.05) is 39.0 Å². The number of nitrogens with zero attached hydrogens (tertiary/aromatic N) is 1. The highest BCUT2D eigenvalue weighted by Gasteiger charge is 2.17. The molecule has 0 radical (unpaired) electrons. The van der Waals surface area contributed by atoms with Crippen molar-refractivity contribution >= 4 is 23.5 Å². The normalized spacial score (nSPS) is 11.5. The van der Waals surface area contributed by atoms with Crippen LogP contribution < -0.4 is 16.0 Å². The van der Waals surface area contributed by atoms with Gasteiger partial charge in [0.1, 0.15) is 0 Å². The van der Waals surface area contributed by atoms with Crippen molar-refractivity contribution in [2.45, 2.75) is 33.2 Å². The maximum absolute atomic E-state index is 12.8. The quantitative estimate of drug-likeness (QED) is 0.414. The van der Waals surface area contributed by atoms with Crippen molar-refractivity contribution in [2.75, 3.05) is 17.2 Å². The maximum Gasteiger partial charge on any atom is 0.411 e. The summed E-state index contributed by atoms with van der Waals surface area (Å²) in [6.07, 6.45) is 1.79. The molecule has 33 heavy (non-hydrogen) atoms. The molecule has 3 amide bonds. The molecular formula is C26H30N4O3. The van der Waals surface area contributed by atoms with Gasteiger partial charge in [0.25, 0.3) is 0 Å². The number of rotatable bonds is 8. The van der Waals surface area contributed by atoms with Gasteiger partial charge in [-0.25, -0.2) is 9.59 Å². The number of carbonyl (C=O) groups excluding carboxylic acids is 2. The molecule has 1 atom stereocenters. The number of urea groups is 1. The Morgan fingerprint density at radius 2 is 1.67 bits per heavy atom. The van der Waals surface area contributed by atoms with Gasteiger partial charge in [0, 0.05) is 17.6 Å². The first-order valence-electron chi connectivity index (χ1n) is 11.0. The third kappa shape index (κ3) is 7.96. The van der Waals surface area contributed by atoms with Crippen LogP contribution in [0.25, 0.3) is 0 Å². The summed E-state index contributed by atoms with van der Waals surface area (Å²) in [6.45, 7) is 6.31. The summed E-state index contributed by atoms with van der Waals surface area (Å²) >= 11 is 0. The predicted octanol–water partition coefficient (Wildman–Crippen LogP) is 5.70. The van der Waals surface area contributed by atoms with Gasteiger partial charge in [0.05, 0.1) is 18.3 Å². The minimum absolute atomic E-state index is 0.249. The van der Waals surface area contributed by atoms with Gasteiger partial charge in [-0.1, -0.05) is 55.8 Å². The van der Waals surface area contributed by atoms with Crippen LogP contribution in [-0.2, 0) is 11.2 Å². The van der Waals surface area contributed by atoms with Crippen molar-refractivity contribution in [1.29, 1.82) is 0 Å². The first-order chi connectivity index (χ1) is 15.9. The van der Waals surface area contributed by atoms with E-state index in [0.717, 1.165) is 11.3 Å². The number of anilines is 2. The second-order valence-electron chi connectivity index (χ2n) is 8.29. The molecule has 0 fully saturated rings. The maximum atomic E-state index is 12.8. The standard InChI is InChI=1S/C26H30N4O3/c1-18(2)17-33-26(32)29-22-8-6-7-21(16-22)28-25(31)30-24(23-9-4-5-14-27-23)15-20-12-10-19(3)11-13-20/h4-14,16,18,24H,15,17H2,1-3H3,(H,29,32)(H2,28,30,31). The van der Waals surface area contributed by atoms with Crippen LogP contribution in [-0.4, -0.2) is 23.7 Å². The van der Waals surface area contributed by atoms with Gasteiger partial charge < -0.3 is 15.4 Å². The number of ether oxygens (including phenoxy) is 1. The van der Waals surface area contributed by atoms with Crippen LogP contribution in [0.4, 0.5) is 21.0 Å². The van der Waals surface area contributed by atoms with Crippen LogP contribution in [0.15, 0.2) is 72.9 Å². The molecule has 0 aliphatic rings. The highest BCUT2D eigenvalue weighted by molar-refractivity contribution is 5.91. The summed E-state index contributed by atoms with van der Waals surface area (Å²) in [5.74, 6) is 0.249. The molecule has 0 bridgehead atoms. The lowest BCUT2D eigenvalue weighted by molar-refractivity contribution is 0.147. The number of hydrogen-bond acceptors (Lipinski definition) is 4. The van der Waals surface area contributed by atoms with E-state index in [2.05, 4.69) is 45.2 Å². The molecule has 0 spiro atoms. The highest BCUT2D eigenvalue weighted by atomic mass is 16.5. The van der Waals surface area contributed by atoms with Gasteiger partial charge in [-0.2, -0.15) is 0 Å². The van der Waals surface area contributed by atoms with Gasteiger partial charge in [-0.15, -0.1) is 0 Å². The van der Waals surface area contributed by atoms with E-state index in [1.54, 1.807) is 30.5 Å². The Morgan fingerprint density at radius 1 is 0.939 bits per heavy atom. The first kappa shape index (κ1) is 23.8. The molecule has 172 valence electrons. The lowest BCUT2D eigenvalue weighted by Gasteiger charge is -2.19. The fourth-order valence-electron chi connectivity index (χ4n) is 3.17. The first-order valence-corrected chi connectivity index (χ1v) is 11.0. The van der Waals surface area contributed by atoms with Crippen molar-refractivity contribution in [1.82, 2.24) is 10.3 Å². The Labute approximate surface area is 194 Å². The van der Waals surface area contributed by atoms with E-state index in [4.69, 9.17) is 4.74 Å². The van der Waals surface area contributed by atoms with Crippen molar-refractivity contribution in [3.63, 3.8) is 0 Å². The zero-order valence-corrected chi connectivity index (χ0v) is 19.2. The Morgan fingerprint density at radius 3 is 2.33 bits per heavy atom. The van der Waals surface area contributed by atoms with Crippen molar-refractivity contribution in [3.05, 3.63) is 89.7 Å². The second-order valence-corrected chi connectivity index (χ2v) is 8.29. The van der Waals surface area contributed by atoms with E-state index < -0.39 is 6.09 Å². The largest absolute Gasteiger partial charge is 0.449 e. The molecule has 0 saturated carbocycles. The summed E-state index contributed by atoms with van der Waals surface area (Å²) in [6, 6.07) is 20.1. The molecule has 2 aromatic carbocycles. The molecule has 0 saturated heterocycles. The Hall–Kier alpha value is -3.87. The molecule has 0 aliphatic heterocycles. The highest BCUT2D eigenvalue weighted by Crippen LogP contribution is 2.19. The molecule has 3 aromatic rings. The molecule has 7 nitrogen and oxygen atoms in total. The Kier molecular flexibility index (Phi) is 8.41. The SMILES string of the molecule is Cc1ccc(CC(NC(=O)Nc2cccc(NC(=O)OCC(C)C)c2)c2ccccn2)cc1. The number of benzene rings is 2. The van der Waals surface area contributed by atoms with Crippen LogP contribution in [0.1, 0.15) is 36.7 Å². The summed E-state index contributed by atoms with van der Waals surface area (Å²) in [7, 11) is 0. The van der Waals surface area contributed by atoms with E-state index >= 15 is 0 Å². The lowest BCUT2D eigenvalue weighted by Crippen LogP contribution is -2.34. The fraction of sp³-hybridized carbons (Fsp3) is 0.269. The van der Waals surface area contributed by atoms with Crippen molar-refractivity contribution in [2.24, 2.45) is 5.92 Å². The number of hydrogen-bond donors (Lipinski definition) is 3. The summed E-state index contributed by atoms with van der Waals surface area (Å²) in [5, 5.41) is 8.52. The third-order valence-corrected chi connectivity index (χ3v) is 4.83. The number of nitrogens with one attached hydrogen (secondary N) is 3. The molecule has 3 rings (SSSR count). The third-order valence-electron chi connectivity index (χ3n) is 4.83. The van der Waals surface area contributed by atoms with Gasteiger partial charge >= 0.3 is 12.1 Å². The summed E-state index contributed by atoms with van der Waals surface area (Å²) in [4.78, 5) is 29.1. The Bertz CT molecular complexity index is 1050. The van der Waals surface area contributed by atoms with Crippen molar-refractivity contribution in [3.8, 4) is 0 Å². The van der Waals surface area contributed by atoms with Crippen LogP contribution in [0.2, 0.25) is 0 Å². The van der Waals surface area contributed by atoms with Gasteiger partial charge in [0.15, 0.2) is 0 Å². The number of pyridine rings is 1. The van der Waals surface area contributed by atoms with Gasteiger partial charge in [-0.3, -0.25) is 10.3 Å². The van der Waals surface area contributed by atoms with Gasteiger partial charge in [-0.05, 0) is 55.2 Å².